The Balaban J connectivity index is 1.73. The van der Waals surface area contributed by atoms with Crippen molar-refractivity contribution in [3.8, 4) is 0 Å². The molecule has 3 N–H and O–H groups in total. The summed E-state index contributed by atoms with van der Waals surface area (Å²) < 4.78 is 0. The summed E-state index contributed by atoms with van der Waals surface area (Å²) in [6.45, 7) is 0.836. The largest absolute Gasteiger partial charge is 0.396 e. The molecule has 1 amide bonds. The Hall–Kier alpha value is -1.29. The van der Waals surface area contributed by atoms with Crippen LogP contribution in [-0.2, 0) is 11.3 Å². The van der Waals surface area contributed by atoms with Gasteiger partial charge in [0.2, 0.25) is 5.91 Å². The first-order chi connectivity index (χ1) is 8.29. The second-order valence-electron chi connectivity index (χ2n) is 4.81. The van der Waals surface area contributed by atoms with Gasteiger partial charge < -0.3 is 15.4 Å². The summed E-state index contributed by atoms with van der Waals surface area (Å²) in [6.07, 6.45) is 5.60. The smallest absolute Gasteiger partial charge is 0.223 e. The molecule has 1 aliphatic rings. The maximum absolute atomic E-state index is 11.9. The monoisotopic (exact) mass is 236 g/mol. The topological polar surface area (TPSA) is 65.1 Å². The molecular weight excluding hydrogens is 216 g/mol. The Labute approximate surface area is 101 Å². The number of H-pyrrole nitrogens is 1. The summed E-state index contributed by atoms with van der Waals surface area (Å²) in [7, 11) is 0. The van der Waals surface area contributed by atoms with Crippen LogP contribution < -0.4 is 5.32 Å². The molecule has 17 heavy (non-hydrogen) atoms. The highest BCUT2D eigenvalue weighted by atomic mass is 16.3. The minimum absolute atomic E-state index is 0.132. The van der Waals surface area contributed by atoms with Gasteiger partial charge in [-0.1, -0.05) is 0 Å². The summed E-state index contributed by atoms with van der Waals surface area (Å²) in [5.41, 5.74) is 1.03. The van der Waals surface area contributed by atoms with Crippen molar-refractivity contribution in [3.05, 3.63) is 24.0 Å². The van der Waals surface area contributed by atoms with E-state index < -0.39 is 0 Å². The van der Waals surface area contributed by atoms with Crippen LogP contribution in [0.25, 0.3) is 0 Å². The number of rotatable bonds is 4. The predicted octanol–water partition coefficient (Wildman–Crippen LogP) is 1.43. The Morgan fingerprint density at radius 1 is 1.41 bits per heavy atom. The van der Waals surface area contributed by atoms with E-state index in [9.17, 15) is 4.79 Å². The SMILES string of the molecule is O=C(NCc1ccc[nH]1)C1CCC(CO)CC1. The van der Waals surface area contributed by atoms with E-state index in [1.54, 1.807) is 0 Å². The number of aliphatic hydroxyl groups is 1. The van der Waals surface area contributed by atoms with Crippen LogP contribution in [0.1, 0.15) is 31.4 Å². The highest BCUT2D eigenvalue weighted by Gasteiger charge is 2.25. The van der Waals surface area contributed by atoms with Gasteiger partial charge in [-0.3, -0.25) is 4.79 Å². The molecule has 1 aromatic heterocycles. The Bertz CT molecular complexity index is 340. The molecule has 4 nitrogen and oxygen atoms in total. The number of aromatic nitrogens is 1. The van der Waals surface area contributed by atoms with Gasteiger partial charge in [0, 0.05) is 24.4 Å². The van der Waals surface area contributed by atoms with Crippen molar-refractivity contribution in [2.75, 3.05) is 6.61 Å². The fourth-order valence-electron chi connectivity index (χ4n) is 2.41. The first kappa shape index (κ1) is 12.2. The third kappa shape index (κ3) is 3.33. The fraction of sp³-hybridized carbons (Fsp3) is 0.615. The van der Waals surface area contributed by atoms with Crippen LogP contribution in [0.4, 0.5) is 0 Å². The lowest BCUT2D eigenvalue weighted by atomic mass is 9.82. The first-order valence-corrected chi connectivity index (χ1v) is 6.30. The van der Waals surface area contributed by atoms with E-state index in [0.717, 1.165) is 31.4 Å². The molecular formula is C13H20N2O2. The lowest BCUT2D eigenvalue weighted by Crippen LogP contribution is -2.33. The average Bonchev–Trinajstić information content (AvgIpc) is 2.89. The van der Waals surface area contributed by atoms with Gasteiger partial charge in [-0.25, -0.2) is 0 Å². The summed E-state index contributed by atoms with van der Waals surface area (Å²) >= 11 is 0. The Morgan fingerprint density at radius 2 is 2.18 bits per heavy atom. The van der Waals surface area contributed by atoms with Gasteiger partial charge in [0.05, 0.1) is 6.54 Å². The second kappa shape index (κ2) is 5.87. The molecule has 0 unspecified atom stereocenters. The molecule has 1 aliphatic carbocycles. The van der Waals surface area contributed by atoms with Crippen LogP contribution in [-0.4, -0.2) is 22.6 Å². The van der Waals surface area contributed by atoms with Gasteiger partial charge in [-0.05, 0) is 43.7 Å². The summed E-state index contributed by atoms with van der Waals surface area (Å²) in [5.74, 6) is 0.686. The number of hydrogen-bond donors (Lipinski definition) is 3. The standard InChI is InChI=1S/C13H20N2O2/c16-9-10-3-5-11(6-4-10)13(17)15-8-12-2-1-7-14-12/h1-2,7,10-11,14,16H,3-6,8-9H2,(H,15,17). The maximum atomic E-state index is 11.9. The summed E-state index contributed by atoms with van der Waals surface area (Å²) in [5, 5.41) is 12.0. The van der Waals surface area contributed by atoms with Crippen molar-refractivity contribution in [3.63, 3.8) is 0 Å². The average molecular weight is 236 g/mol. The zero-order chi connectivity index (χ0) is 12.1. The zero-order valence-corrected chi connectivity index (χ0v) is 9.98. The molecule has 1 fully saturated rings. The van der Waals surface area contributed by atoms with Crippen LogP contribution >= 0.6 is 0 Å². The van der Waals surface area contributed by atoms with Crippen LogP contribution in [0, 0.1) is 11.8 Å². The van der Waals surface area contributed by atoms with Crippen molar-refractivity contribution in [1.29, 1.82) is 0 Å². The van der Waals surface area contributed by atoms with Crippen LogP contribution in [0.15, 0.2) is 18.3 Å². The van der Waals surface area contributed by atoms with Gasteiger partial charge in [-0.2, -0.15) is 0 Å². The van der Waals surface area contributed by atoms with Gasteiger partial charge in [0.25, 0.3) is 0 Å². The number of nitrogens with one attached hydrogen (secondary N) is 2. The lowest BCUT2D eigenvalue weighted by molar-refractivity contribution is -0.126. The number of aromatic amines is 1. The third-order valence-electron chi connectivity index (χ3n) is 3.59. The number of aliphatic hydroxyl groups excluding tert-OH is 1. The quantitative estimate of drug-likeness (QED) is 0.740. The molecule has 0 radical (unpaired) electrons. The fourth-order valence-corrected chi connectivity index (χ4v) is 2.41. The minimum atomic E-state index is 0.132. The molecule has 94 valence electrons. The van der Waals surface area contributed by atoms with E-state index in [0.29, 0.717) is 12.5 Å². The molecule has 1 aromatic rings. The molecule has 2 rings (SSSR count). The second-order valence-corrected chi connectivity index (χ2v) is 4.81. The summed E-state index contributed by atoms with van der Waals surface area (Å²) in [6, 6.07) is 3.89. The molecule has 0 aliphatic heterocycles. The van der Waals surface area contributed by atoms with Crippen LogP contribution in [0.3, 0.4) is 0 Å². The summed E-state index contributed by atoms with van der Waals surface area (Å²) in [4.78, 5) is 15.0. The number of carbonyl (C=O) groups is 1. The van der Waals surface area contributed by atoms with Crippen LogP contribution in [0.5, 0.6) is 0 Å². The molecule has 1 heterocycles. The number of carbonyl (C=O) groups excluding carboxylic acids is 1. The molecule has 0 aromatic carbocycles. The van der Waals surface area contributed by atoms with Gasteiger partial charge in [0.15, 0.2) is 0 Å². The normalized spacial score (nSPS) is 24.5. The minimum Gasteiger partial charge on any atom is -0.396 e. The van der Waals surface area contributed by atoms with E-state index in [4.69, 9.17) is 5.11 Å². The van der Waals surface area contributed by atoms with Gasteiger partial charge >= 0.3 is 0 Å². The van der Waals surface area contributed by atoms with Gasteiger partial charge in [-0.15, -0.1) is 0 Å². The predicted molar refractivity (Wildman–Crippen MR) is 65.2 cm³/mol. The van der Waals surface area contributed by atoms with Gasteiger partial charge in [0.1, 0.15) is 0 Å². The number of hydrogen-bond acceptors (Lipinski definition) is 2. The number of amides is 1. The van der Waals surface area contributed by atoms with Crippen molar-refractivity contribution in [2.24, 2.45) is 11.8 Å². The van der Waals surface area contributed by atoms with Crippen LogP contribution in [0.2, 0.25) is 0 Å². The molecule has 4 heteroatoms. The van der Waals surface area contributed by atoms with Crippen molar-refractivity contribution in [1.82, 2.24) is 10.3 Å². The van der Waals surface area contributed by atoms with E-state index in [2.05, 4.69) is 10.3 Å². The van der Waals surface area contributed by atoms with E-state index >= 15 is 0 Å². The van der Waals surface area contributed by atoms with E-state index in [1.807, 2.05) is 18.3 Å². The maximum Gasteiger partial charge on any atom is 0.223 e. The Morgan fingerprint density at radius 3 is 2.76 bits per heavy atom. The zero-order valence-electron chi connectivity index (χ0n) is 9.98. The Kier molecular flexibility index (Phi) is 4.20. The molecule has 0 spiro atoms. The first-order valence-electron chi connectivity index (χ1n) is 6.30. The van der Waals surface area contributed by atoms with Crippen molar-refractivity contribution in [2.45, 2.75) is 32.2 Å². The molecule has 0 bridgehead atoms. The van der Waals surface area contributed by atoms with Crippen molar-refractivity contribution < 1.29 is 9.90 Å². The van der Waals surface area contributed by atoms with Crippen molar-refractivity contribution >= 4 is 5.91 Å². The lowest BCUT2D eigenvalue weighted by Gasteiger charge is -2.26. The molecule has 1 saturated carbocycles. The molecule has 0 saturated heterocycles. The highest BCUT2D eigenvalue weighted by Crippen LogP contribution is 2.28. The third-order valence-corrected chi connectivity index (χ3v) is 3.59. The molecule has 0 atom stereocenters. The highest BCUT2D eigenvalue weighted by molar-refractivity contribution is 5.78. The van der Waals surface area contributed by atoms with E-state index in [1.165, 1.54) is 0 Å². The van der Waals surface area contributed by atoms with E-state index in [-0.39, 0.29) is 18.4 Å².